The van der Waals surface area contributed by atoms with Gasteiger partial charge in [0, 0.05) is 5.54 Å². The predicted molar refractivity (Wildman–Crippen MR) is 56.1 cm³/mol. The summed E-state index contributed by atoms with van der Waals surface area (Å²) < 4.78 is 4.71. The first kappa shape index (κ1) is 11.5. The summed E-state index contributed by atoms with van der Waals surface area (Å²) in [6, 6.07) is 0. The molecular weight excluding hydrogens is 178 g/mol. The number of rotatable bonds is 5. The summed E-state index contributed by atoms with van der Waals surface area (Å²) in [5.41, 5.74) is 0.0529. The van der Waals surface area contributed by atoms with Crippen LogP contribution in [0.4, 0.5) is 0 Å². The number of esters is 1. The van der Waals surface area contributed by atoms with Crippen LogP contribution in [0.3, 0.4) is 0 Å². The van der Waals surface area contributed by atoms with Crippen LogP contribution in [0.15, 0.2) is 0 Å². The zero-order valence-corrected chi connectivity index (χ0v) is 9.43. The molecule has 1 aliphatic carbocycles. The highest BCUT2D eigenvalue weighted by molar-refractivity contribution is 5.71. The van der Waals surface area contributed by atoms with Gasteiger partial charge in [0.2, 0.25) is 0 Å². The van der Waals surface area contributed by atoms with Crippen molar-refractivity contribution < 1.29 is 9.53 Å². The SMILES string of the molecule is COC(=O)CC1(NCC(C)C)CCC1. The van der Waals surface area contributed by atoms with Gasteiger partial charge in [-0.1, -0.05) is 13.8 Å². The van der Waals surface area contributed by atoms with Gasteiger partial charge in [0.1, 0.15) is 0 Å². The lowest BCUT2D eigenvalue weighted by molar-refractivity contribution is -0.143. The lowest BCUT2D eigenvalue weighted by Gasteiger charge is -2.42. The van der Waals surface area contributed by atoms with Crippen LogP contribution in [-0.4, -0.2) is 25.2 Å². The Kier molecular flexibility index (Phi) is 3.93. The number of carbonyl (C=O) groups is 1. The van der Waals surface area contributed by atoms with E-state index in [9.17, 15) is 4.79 Å². The predicted octanol–water partition coefficient (Wildman–Crippen LogP) is 1.72. The van der Waals surface area contributed by atoms with Crippen molar-refractivity contribution in [2.75, 3.05) is 13.7 Å². The van der Waals surface area contributed by atoms with E-state index >= 15 is 0 Å². The molecule has 82 valence electrons. The fraction of sp³-hybridized carbons (Fsp3) is 0.909. The Labute approximate surface area is 86.2 Å². The highest BCUT2D eigenvalue weighted by Crippen LogP contribution is 2.35. The maximum absolute atomic E-state index is 11.2. The quantitative estimate of drug-likeness (QED) is 0.685. The van der Waals surface area contributed by atoms with E-state index in [2.05, 4.69) is 19.2 Å². The normalized spacial score (nSPS) is 19.1. The van der Waals surface area contributed by atoms with Crippen molar-refractivity contribution in [1.29, 1.82) is 0 Å². The minimum absolute atomic E-state index is 0.0529. The number of hydrogen-bond acceptors (Lipinski definition) is 3. The van der Waals surface area contributed by atoms with Crippen LogP contribution in [0.25, 0.3) is 0 Å². The van der Waals surface area contributed by atoms with Crippen molar-refractivity contribution >= 4 is 5.97 Å². The van der Waals surface area contributed by atoms with E-state index in [1.165, 1.54) is 13.5 Å². The maximum Gasteiger partial charge on any atom is 0.307 e. The molecule has 14 heavy (non-hydrogen) atoms. The number of carbonyl (C=O) groups excluding carboxylic acids is 1. The van der Waals surface area contributed by atoms with Crippen molar-refractivity contribution in [3.05, 3.63) is 0 Å². The molecular formula is C11H21NO2. The molecule has 1 fully saturated rings. The average Bonchev–Trinajstić information content (AvgIpc) is 2.08. The number of nitrogens with one attached hydrogen (secondary N) is 1. The van der Waals surface area contributed by atoms with E-state index in [-0.39, 0.29) is 11.5 Å². The second kappa shape index (κ2) is 4.78. The Morgan fingerprint density at radius 2 is 2.14 bits per heavy atom. The molecule has 0 radical (unpaired) electrons. The molecule has 0 atom stereocenters. The first-order chi connectivity index (χ1) is 6.58. The monoisotopic (exact) mass is 199 g/mol. The van der Waals surface area contributed by atoms with Crippen LogP contribution in [0.5, 0.6) is 0 Å². The molecule has 1 rings (SSSR count). The van der Waals surface area contributed by atoms with Gasteiger partial charge in [-0.2, -0.15) is 0 Å². The Morgan fingerprint density at radius 3 is 2.50 bits per heavy atom. The summed E-state index contributed by atoms with van der Waals surface area (Å²) in [6.07, 6.45) is 3.96. The second-order valence-electron chi connectivity index (χ2n) is 4.66. The fourth-order valence-corrected chi connectivity index (χ4v) is 1.79. The maximum atomic E-state index is 11.2. The minimum Gasteiger partial charge on any atom is -0.469 e. The second-order valence-corrected chi connectivity index (χ2v) is 4.66. The van der Waals surface area contributed by atoms with Gasteiger partial charge in [0.05, 0.1) is 13.5 Å². The molecule has 0 saturated heterocycles. The van der Waals surface area contributed by atoms with Crippen molar-refractivity contribution in [2.45, 2.75) is 45.1 Å². The zero-order chi connectivity index (χ0) is 10.6. The number of hydrogen-bond donors (Lipinski definition) is 1. The first-order valence-corrected chi connectivity index (χ1v) is 5.40. The standard InChI is InChI=1S/C11H21NO2/c1-9(2)8-12-11(5-4-6-11)7-10(13)14-3/h9,12H,4-8H2,1-3H3. The van der Waals surface area contributed by atoms with E-state index in [4.69, 9.17) is 4.74 Å². The fourth-order valence-electron chi connectivity index (χ4n) is 1.79. The topological polar surface area (TPSA) is 38.3 Å². The first-order valence-electron chi connectivity index (χ1n) is 5.40. The molecule has 0 bridgehead atoms. The van der Waals surface area contributed by atoms with E-state index < -0.39 is 0 Å². The Hall–Kier alpha value is -0.570. The molecule has 0 aromatic carbocycles. The van der Waals surface area contributed by atoms with Gasteiger partial charge in [-0.05, 0) is 31.7 Å². The van der Waals surface area contributed by atoms with Gasteiger partial charge in [-0.15, -0.1) is 0 Å². The largest absolute Gasteiger partial charge is 0.469 e. The van der Waals surface area contributed by atoms with Crippen LogP contribution in [0.1, 0.15) is 39.5 Å². The van der Waals surface area contributed by atoms with Crippen LogP contribution in [-0.2, 0) is 9.53 Å². The van der Waals surface area contributed by atoms with E-state index in [0.29, 0.717) is 12.3 Å². The molecule has 0 heterocycles. The Morgan fingerprint density at radius 1 is 1.50 bits per heavy atom. The molecule has 3 heteroatoms. The third-order valence-corrected chi connectivity index (χ3v) is 2.91. The summed E-state index contributed by atoms with van der Waals surface area (Å²) in [6.45, 7) is 5.34. The van der Waals surface area contributed by atoms with Gasteiger partial charge in [-0.3, -0.25) is 4.79 Å². The number of ether oxygens (including phenoxy) is 1. The minimum atomic E-state index is -0.0963. The lowest BCUT2D eigenvalue weighted by Crippen LogP contribution is -2.53. The highest BCUT2D eigenvalue weighted by atomic mass is 16.5. The van der Waals surface area contributed by atoms with Crippen LogP contribution in [0, 0.1) is 5.92 Å². The molecule has 1 aliphatic rings. The smallest absolute Gasteiger partial charge is 0.307 e. The lowest BCUT2D eigenvalue weighted by atomic mass is 9.74. The summed E-state index contributed by atoms with van der Waals surface area (Å²) in [4.78, 5) is 11.2. The molecule has 0 aromatic rings. The Bertz CT molecular complexity index is 197. The molecule has 0 unspecified atom stereocenters. The van der Waals surface area contributed by atoms with Crippen molar-refractivity contribution in [1.82, 2.24) is 5.32 Å². The van der Waals surface area contributed by atoms with E-state index in [1.807, 2.05) is 0 Å². The summed E-state index contributed by atoms with van der Waals surface area (Å²) in [7, 11) is 1.46. The average molecular weight is 199 g/mol. The van der Waals surface area contributed by atoms with Gasteiger partial charge >= 0.3 is 5.97 Å². The van der Waals surface area contributed by atoms with Crippen molar-refractivity contribution in [3.8, 4) is 0 Å². The van der Waals surface area contributed by atoms with E-state index in [1.54, 1.807) is 0 Å². The van der Waals surface area contributed by atoms with Crippen LogP contribution in [0.2, 0.25) is 0 Å². The summed E-state index contributed by atoms with van der Waals surface area (Å²) in [5, 5.41) is 3.50. The van der Waals surface area contributed by atoms with Crippen LogP contribution < -0.4 is 5.32 Å². The van der Waals surface area contributed by atoms with E-state index in [0.717, 1.165) is 19.4 Å². The van der Waals surface area contributed by atoms with Gasteiger partial charge in [0.25, 0.3) is 0 Å². The highest BCUT2D eigenvalue weighted by Gasteiger charge is 2.38. The third-order valence-electron chi connectivity index (χ3n) is 2.91. The molecule has 1 N–H and O–H groups in total. The summed E-state index contributed by atoms with van der Waals surface area (Å²) in [5.74, 6) is 0.533. The molecule has 0 aromatic heterocycles. The van der Waals surface area contributed by atoms with Gasteiger partial charge < -0.3 is 10.1 Å². The molecule has 0 amide bonds. The van der Waals surface area contributed by atoms with Crippen LogP contribution >= 0.6 is 0 Å². The van der Waals surface area contributed by atoms with Gasteiger partial charge in [-0.25, -0.2) is 0 Å². The molecule has 1 saturated carbocycles. The zero-order valence-electron chi connectivity index (χ0n) is 9.43. The van der Waals surface area contributed by atoms with Crippen molar-refractivity contribution in [3.63, 3.8) is 0 Å². The van der Waals surface area contributed by atoms with Crippen molar-refractivity contribution in [2.24, 2.45) is 5.92 Å². The van der Waals surface area contributed by atoms with Gasteiger partial charge in [0.15, 0.2) is 0 Å². The summed E-state index contributed by atoms with van der Waals surface area (Å²) >= 11 is 0. The third kappa shape index (κ3) is 2.98. The molecule has 3 nitrogen and oxygen atoms in total. The molecule has 0 spiro atoms. The number of methoxy groups -OCH3 is 1. The Balaban J connectivity index is 2.37. The molecule has 0 aliphatic heterocycles.